The molecule has 0 saturated heterocycles. The van der Waals surface area contributed by atoms with Crippen molar-refractivity contribution in [2.24, 2.45) is 5.92 Å². The van der Waals surface area contributed by atoms with E-state index in [0.717, 1.165) is 17.6 Å². The van der Waals surface area contributed by atoms with Crippen molar-refractivity contribution >= 4 is 29.1 Å². The molecule has 0 aromatic heterocycles. The molecule has 0 radical (unpaired) electrons. The van der Waals surface area contributed by atoms with Crippen LogP contribution in [0, 0.1) is 5.92 Å². The third-order valence-electron chi connectivity index (χ3n) is 3.74. The fraction of sp³-hybridized carbons (Fsp3) is 0.316. The summed E-state index contributed by atoms with van der Waals surface area (Å²) in [5.74, 6) is 0.895. The number of nitrogens with one attached hydrogen (secondary N) is 1. The molecule has 0 unspecified atom stereocenters. The maximum Gasteiger partial charge on any atom is 0.244 e. The van der Waals surface area contributed by atoms with Crippen LogP contribution < -0.4 is 5.32 Å². The van der Waals surface area contributed by atoms with E-state index in [4.69, 9.17) is 23.2 Å². The molecule has 4 heteroatoms. The minimum Gasteiger partial charge on any atom is -0.349 e. The number of allylic oxidation sites excluding steroid dienone is 3. The fourth-order valence-electron chi connectivity index (χ4n) is 2.37. The molecule has 1 amide bonds. The number of hydrogen-bond donors (Lipinski definition) is 1. The van der Waals surface area contributed by atoms with Gasteiger partial charge in [-0.05, 0) is 55.4 Å². The van der Waals surface area contributed by atoms with Crippen LogP contribution in [0.15, 0.2) is 54.2 Å². The molecule has 1 aliphatic rings. The van der Waals surface area contributed by atoms with Crippen molar-refractivity contribution in [2.45, 2.75) is 26.2 Å². The second-order valence-electron chi connectivity index (χ2n) is 6.10. The van der Waals surface area contributed by atoms with Gasteiger partial charge in [0.15, 0.2) is 0 Å². The molecule has 2 nitrogen and oxygen atoms in total. The van der Waals surface area contributed by atoms with Gasteiger partial charge in [-0.1, -0.05) is 53.6 Å². The molecule has 0 spiro atoms. The molecule has 1 aromatic rings. The number of carbonyl (C=O) groups excluding carboxylic acids is 1. The highest BCUT2D eigenvalue weighted by atomic mass is 35.5. The quantitative estimate of drug-likeness (QED) is 0.421. The van der Waals surface area contributed by atoms with E-state index in [-0.39, 0.29) is 5.91 Å². The molecular formula is C19H21Cl2NO. The predicted octanol–water partition coefficient (Wildman–Crippen LogP) is 5.29. The summed E-state index contributed by atoms with van der Waals surface area (Å²) < 4.78 is 0. The second-order valence-corrected chi connectivity index (χ2v) is 6.92. The van der Waals surface area contributed by atoms with Crippen LogP contribution in [-0.2, 0) is 4.79 Å². The summed E-state index contributed by atoms with van der Waals surface area (Å²) in [6.45, 7) is 8.07. The Kier molecular flexibility index (Phi) is 6.09. The van der Waals surface area contributed by atoms with Crippen LogP contribution in [0.3, 0.4) is 0 Å². The van der Waals surface area contributed by atoms with Crippen LogP contribution in [0.2, 0.25) is 10.0 Å². The molecule has 0 bridgehead atoms. The van der Waals surface area contributed by atoms with Crippen molar-refractivity contribution in [1.29, 1.82) is 0 Å². The number of halogens is 2. The van der Waals surface area contributed by atoms with Gasteiger partial charge in [0.05, 0.1) is 10.0 Å². The van der Waals surface area contributed by atoms with Gasteiger partial charge in [-0.25, -0.2) is 0 Å². The van der Waals surface area contributed by atoms with Gasteiger partial charge in [0, 0.05) is 12.6 Å². The molecule has 1 N–H and O–H groups in total. The lowest BCUT2D eigenvalue weighted by Gasteiger charge is -2.02. The van der Waals surface area contributed by atoms with Gasteiger partial charge >= 0.3 is 0 Å². The Morgan fingerprint density at radius 2 is 2.09 bits per heavy atom. The first-order valence-electron chi connectivity index (χ1n) is 7.60. The number of carbonyl (C=O) groups is 1. The standard InChI is InChI=1S/C19H21Cl2NO/c1-12(2)11-22-19(23)8-13(3)4-5-14-9-16(14)15-6-7-17(20)18(21)10-15/h4-8,10,14,16H,1,9,11H2,2-3H3,(H,22,23)/t14-,16-/m1/s1. The zero-order valence-corrected chi connectivity index (χ0v) is 14.9. The van der Waals surface area contributed by atoms with Crippen molar-refractivity contribution in [3.05, 3.63) is 69.8 Å². The third-order valence-corrected chi connectivity index (χ3v) is 4.48. The summed E-state index contributed by atoms with van der Waals surface area (Å²) in [5, 5.41) is 3.97. The number of rotatable bonds is 6. The number of amides is 1. The lowest BCUT2D eigenvalue weighted by Crippen LogP contribution is -2.22. The van der Waals surface area contributed by atoms with E-state index in [2.05, 4.69) is 18.0 Å². The van der Waals surface area contributed by atoms with Crippen LogP contribution >= 0.6 is 23.2 Å². The predicted molar refractivity (Wildman–Crippen MR) is 98.0 cm³/mol. The third kappa shape index (κ3) is 5.56. The Bertz CT molecular complexity index is 676. The largest absolute Gasteiger partial charge is 0.349 e. The summed E-state index contributed by atoms with van der Waals surface area (Å²) in [7, 11) is 0. The van der Waals surface area contributed by atoms with E-state index in [9.17, 15) is 4.79 Å². The Labute approximate surface area is 147 Å². The highest BCUT2D eigenvalue weighted by Crippen LogP contribution is 2.49. The SMILES string of the molecule is C=C(C)CNC(=O)C=C(C)C=C[C@@H]1C[C@H]1c1ccc(Cl)c(Cl)c1. The van der Waals surface area contributed by atoms with Gasteiger partial charge in [0.2, 0.25) is 5.91 Å². The smallest absolute Gasteiger partial charge is 0.244 e. The van der Waals surface area contributed by atoms with Crippen molar-refractivity contribution in [2.75, 3.05) is 6.54 Å². The summed E-state index contributed by atoms with van der Waals surface area (Å²) in [6.07, 6.45) is 6.87. The van der Waals surface area contributed by atoms with Gasteiger partial charge < -0.3 is 5.32 Å². The molecule has 122 valence electrons. The normalized spacial score (nSPS) is 20.6. The van der Waals surface area contributed by atoms with Crippen molar-refractivity contribution < 1.29 is 4.79 Å². The molecule has 23 heavy (non-hydrogen) atoms. The van der Waals surface area contributed by atoms with Gasteiger partial charge in [-0.3, -0.25) is 4.79 Å². The van der Waals surface area contributed by atoms with Crippen molar-refractivity contribution in [1.82, 2.24) is 5.32 Å². The molecule has 2 rings (SSSR count). The van der Waals surface area contributed by atoms with E-state index in [1.54, 1.807) is 6.08 Å². The monoisotopic (exact) mass is 349 g/mol. The molecular weight excluding hydrogens is 329 g/mol. The summed E-state index contributed by atoms with van der Waals surface area (Å²) in [4.78, 5) is 11.7. The molecule has 0 aliphatic heterocycles. The highest BCUT2D eigenvalue weighted by Gasteiger charge is 2.36. The zero-order chi connectivity index (χ0) is 17.0. The lowest BCUT2D eigenvalue weighted by molar-refractivity contribution is -0.116. The van der Waals surface area contributed by atoms with Gasteiger partial charge in [0.25, 0.3) is 0 Å². The molecule has 1 saturated carbocycles. The summed E-state index contributed by atoms with van der Waals surface area (Å²) in [6, 6.07) is 5.81. The topological polar surface area (TPSA) is 29.1 Å². The lowest BCUT2D eigenvalue weighted by atomic mass is 10.1. The first-order chi connectivity index (χ1) is 10.9. The minimum atomic E-state index is -0.0908. The van der Waals surface area contributed by atoms with E-state index in [1.807, 2.05) is 38.1 Å². The Hall–Kier alpha value is -1.51. The van der Waals surface area contributed by atoms with Gasteiger partial charge in [-0.2, -0.15) is 0 Å². The van der Waals surface area contributed by atoms with Crippen LogP contribution in [0.1, 0.15) is 31.7 Å². The Balaban J connectivity index is 1.88. The first kappa shape index (κ1) is 17.8. The zero-order valence-electron chi connectivity index (χ0n) is 13.4. The van der Waals surface area contributed by atoms with Crippen molar-refractivity contribution in [3.8, 4) is 0 Å². The van der Waals surface area contributed by atoms with Crippen LogP contribution in [0.5, 0.6) is 0 Å². The highest BCUT2D eigenvalue weighted by molar-refractivity contribution is 6.42. The molecule has 1 fully saturated rings. The van der Waals surface area contributed by atoms with Gasteiger partial charge in [0.1, 0.15) is 0 Å². The van der Waals surface area contributed by atoms with Gasteiger partial charge in [-0.15, -0.1) is 0 Å². The second kappa shape index (κ2) is 7.85. The van der Waals surface area contributed by atoms with E-state index < -0.39 is 0 Å². The van der Waals surface area contributed by atoms with Crippen LogP contribution in [-0.4, -0.2) is 12.5 Å². The Morgan fingerprint density at radius 3 is 2.74 bits per heavy atom. The van der Waals surface area contributed by atoms with E-state index >= 15 is 0 Å². The maximum absolute atomic E-state index is 11.7. The summed E-state index contributed by atoms with van der Waals surface area (Å²) in [5.41, 5.74) is 3.08. The molecule has 2 atom stereocenters. The number of hydrogen-bond acceptors (Lipinski definition) is 1. The average Bonchev–Trinajstić information content (AvgIpc) is 3.25. The Morgan fingerprint density at radius 1 is 1.35 bits per heavy atom. The summed E-state index contributed by atoms with van der Waals surface area (Å²) >= 11 is 12.0. The average molecular weight is 350 g/mol. The molecule has 0 heterocycles. The van der Waals surface area contributed by atoms with Crippen molar-refractivity contribution in [3.63, 3.8) is 0 Å². The number of benzene rings is 1. The molecule has 1 aromatic carbocycles. The van der Waals surface area contributed by atoms with E-state index in [0.29, 0.717) is 28.4 Å². The fourth-order valence-corrected chi connectivity index (χ4v) is 2.68. The van der Waals surface area contributed by atoms with Crippen LogP contribution in [0.4, 0.5) is 0 Å². The van der Waals surface area contributed by atoms with Crippen LogP contribution in [0.25, 0.3) is 0 Å². The minimum absolute atomic E-state index is 0.0908. The first-order valence-corrected chi connectivity index (χ1v) is 8.36. The van der Waals surface area contributed by atoms with E-state index in [1.165, 1.54) is 5.56 Å². The maximum atomic E-state index is 11.7. The molecule has 1 aliphatic carbocycles.